The van der Waals surface area contributed by atoms with Gasteiger partial charge in [0.2, 0.25) is 0 Å². The number of likely N-dealkylation sites (N-methyl/N-ethyl adjacent to an activating group) is 1. The van der Waals surface area contributed by atoms with E-state index in [1.54, 1.807) is 31.2 Å². The van der Waals surface area contributed by atoms with E-state index in [1.807, 2.05) is 18.0 Å². The van der Waals surface area contributed by atoms with Gasteiger partial charge in [-0.2, -0.15) is 10.4 Å². The minimum absolute atomic E-state index is 0.00143. The van der Waals surface area contributed by atoms with Gasteiger partial charge < -0.3 is 23.8 Å². The van der Waals surface area contributed by atoms with E-state index < -0.39 is 40.6 Å². The third kappa shape index (κ3) is 11.5. The molecule has 0 aliphatic carbocycles. The molecule has 288 valence electrons. The molecule has 54 heavy (non-hydrogen) atoms. The first-order valence-electron chi connectivity index (χ1n) is 17.5. The fourth-order valence-corrected chi connectivity index (χ4v) is 7.38. The summed E-state index contributed by atoms with van der Waals surface area (Å²) < 4.78 is 68.8. The second kappa shape index (κ2) is 19.7. The van der Waals surface area contributed by atoms with Gasteiger partial charge in [0.05, 0.1) is 49.8 Å². The number of hydrogen-bond donors (Lipinski definition) is 0. The quantitative estimate of drug-likeness (QED) is 0.114. The van der Waals surface area contributed by atoms with Crippen molar-refractivity contribution in [3.8, 4) is 6.07 Å². The number of carbonyl (C=O) groups is 2. The molecule has 3 heterocycles. The minimum atomic E-state index is -1.69. The van der Waals surface area contributed by atoms with E-state index in [0.717, 1.165) is 44.4 Å². The number of carbonyl (C=O) groups excluding carboxylic acids is 2. The van der Waals surface area contributed by atoms with Crippen molar-refractivity contribution >= 4 is 29.8 Å². The van der Waals surface area contributed by atoms with Crippen molar-refractivity contribution in [2.75, 3.05) is 59.6 Å². The molecule has 2 aliphatic heterocycles. The van der Waals surface area contributed by atoms with Crippen LogP contribution in [0.5, 0.6) is 0 Å². The molecule has 5 rings (SSSR count). The zero-order valence-corrected chi connectivity index (χ0v) is 30.9. The number of aromatic nitrogens is 3. The summed E-state index contributed by atoms with van der Waals surface area (Å²) in [7, 11) is 2.03. The first kappa shape index (κ1) is 40.7. The van der Waals surface area contributed by atoms with Gasteiger partial charge in [0.25, 0.3) is 0 Å². The van der Waals surface area contributed by atoms with Crippen LogP contribution in [0.4, 0.5) is 13.2 Å². The number of allylic oxidation sites excluding steroid dienone is 2. The van der Waals surface area contributed by atoms with Crippen LogP contribution in [-0.2, 0) is 40.7 Å². The molecule has 0 N–H and O–H groups in total. The molecular formula is C38H43F3N6O6S. The molecular weight excluding hydrogens is 726 g/mol. The monoisotopic (exact) mass is 768 g/mol. The Morgan fingerprint density at radius 3 is 2.54 bits per heavy atom. The molecule has 2 fully saturated rings. The molecule has 2 aromatic carbocycles. The predicted molar refractivity (Wildman–Crippen MR) is 194 cm³/mol. The Kier molecular flexibility index (Phi) is 14.8. The molecule has 2 atom stereocenters. The van der Waals surface area contributed by atoms with E-state index >= 15 is 4.39 Å². The number of thioether (sulfide) groups is 1. The highest BCUT2D eigenvalue weighted by Gasteiger charge is 2.46. The SMILES string of the molecule is C[C@@H](S[C@H]1CO[C@H](/C=C/C=C/c2ccc(C#N)cc2F)OC1)[C@@](Cn1cncn1)(OC(=O)CCCOC(=O)CN1CCN(C)CC1)c1ccc(F)cc1F. The Morgan fingerprint density at radius 2 is 1.85 bits per heavy atom. The van der Waals surface area contributed by atoms with Crippen LogP contribution in [0.2, 0.25) is 0 Å². The van der Waals surface area contributed by atoms with E-state index in [4.69, 9.17) is 24.2 Å². The average molecular weight is 769 g/mol. The van der Waals surface area contributed by atoms with Crippen molar-refractivity contribution in [3.63, 3.8) is 0 Å². The van der Waals surface area contributed by atoms with Crippen LogP contribution in [0.25, 0.3) is 6.08 Å². The van der Waals surface area contributed by atoms with Gasteiger partial charge in [0.15, 0.2) is 11.9 Å². The van der Waals surface area contributed by atoms with Gasteiger partial charge in [-0.25, -0.2) is 22.8 Å². The lowest BCUT2D eigenvalue weighted by molar-refractivity contribution is -0.164. The molecule has 2 saturated heterocycles. The predicted octanol–water partition coefficient (Wildman–Crippen LogP) is 4.71. The Morgan fingerprint density at radius 1 is 1.07 bits per heavy atom. The van der Waals surface area contributed by atoms with Crippen LogP contribution in [0, 0.1) is 28.8 Å². The normalized spacial score (nSPS) is 20.1. The van der Waals surface area contributed by atoms with Gasteiger partial charge in [-0.15, -0.1) is 11.8 Å². The summed E-state index contributed by atoms with van der Waals surface area (Å²) in [5.74, 6) is -3.25. The first-order valence-corrected chi connectivity index (χ1v) is 18.5. The average Bonchev–Trinajstić information content (AvgIpc) is 3.66. The molecule has 3 aromatic rings. The van der Waals surface area contributed by atoms with Crippen molar-refractivity contribution in [1.29, 1.82) is 5.26 Å². The molecule has 16 heteroatoms. The van der Waals surface area contributed by atoms with E-state index in [2.05, 4.69) is 15.0 Å². The number of esters is 2. The lowest BCUT2D eigenvalue weighted by Gasteiger charge is -2.40. The van der Waals surface area contributed by atoms with Gasteiger partial charge in [-0.3, -0.25) is 14.5 Å². The Hall–Kier alpha value is -4.53. The molecule has 0 saturated carbocycles. The highest BCUT2D eigenvalue weighted by Crippen LogP contribution is 2.42. The molecule has 0 radical (unpaired) electrons. The lowest BCUT2D eigenvalue weighted by Crippen LogP contribution is -2.47. The van der Waals surface area contributed by atoms with Crippen molar-refractivity contribution in [2.45, 2.75) is 48.7 Å². The van der Waals surface area contributed by atoms with Crippen LogP contribution in [0.3, 0.4) is 0 Å². The summed E-state index contributed by atoms with van der Waals surface area (Å²) in [5.41, 5.74) is -1.18. The number of halogens is 3. The van der Waals surface area contributed by atoms with E-state index in [0.29, 0.717) is 5.56 Å². The zero-order valence-electron chi connectivity index (χ0n) is 30.1. The molecule has 12 nitrogen and oxygen atoms in total. The van der Waals surface area contributed by atoms with Crippen LogP contribution in [0.1, 0.15) is 36.5 Å². The van der Waals surface area contributed by atoms with Gasteiger partial charge in [0.1, 0.15) is 30.1 Å². The molecule has 0 unspecified atom stereocenters. The van der Waals surface area contributed by atoms with E-state index in [-0.39, 0.29) is 68.1 Å². The van der Waals surface area contributed by atoms with Crippen LogP contribution in [-0.4, -0.2) is 113 Å². The second-order valence-corrected chi connectivity index (χ2v) is 14.7. The maximum Gasteiger partial charge on any atom is 0.320 e. The largest absolute Gasteiger partial charge is 0.465 e. The molecule has 0 amide bonds. The van der Waals surface area contributed by atoms with Crippen molar-refractivity contribution in [3.05, 3.63) is 101 Å². The fourth-order valence-electron chi connectivity index (χ4n) is 6.02. The van der Waals surface area contributed by atoms with Crippen molar-refractivity contribution in [2.24, 2.45) is 0 Å². The number of ether oxygens (including phenoxy) is 4. The van der Waals surface area contributed by atoms with Gasteiger partial charge in [0, 0.05) is 55.0 Å². The summed E-state index contributed by atoms with van der Waals surface area (Å²) in [6.07, 6.45) is 8.59. The molecule has 0 bridgehead atoms. The molecule has 0 spiro atoms. The first-order chi connectivity index (χ1) is 26.0. The lowest BCUT2D eigenvalue weighted by atomic mass is 9.89. The number of piperazine rings is 1. The van der Waals surface area contributed by atoms with Crippen molar-refractivity contribution in [1.82, 2.24) is 24.6 Å². The third-order valence-corrected chi connectivity index (χ3v) is 10.5. The van der Waals surface area contributed by atoms with Crippen LogP contribution >= 0.6 is 11.8 Å². The van der Waals surface area contributed by atoms with E-state index in [1.165, 1.54) is 47.3 Å². The highest BCUT2D eigenvalue weighted by molar-refractivity contribution is 8.00. The summed E-state index contributed by atoms with van der Waals surface area (Å²) in [6.45, 7) is 5.53. The number of rotatable bonds is 16. The number of nitriles is 1. The Bertz CT molecular complexity index is 1810. The molecule has 2 aliphatic rings. The second-order valence-electron chi connectivity index (χ2n) is 13.0. The van der Waals surface area contributed by atoms with Crippen LogP contribution in [0.15, 0.2) is 67.3 Å². The maximum absolute atomic E-state index is 15.7. The van der Waals surface area contributed by atoms with E-state index in [9.17, 15) is 18.4 Å². The fraction of sp³-hybridized carbons (Fsp3) is 0.447. The maximum atomic E-state index is 15.7. The van der Waals surface area contributed by atoms with Crippen LogP contribution < -0.4 is 0 Å². The van der Waals surface area contributed by atoms with Crippen molar-refractivity contribution < 1.29 is 41.7 Å². The summed E-state index contributed by atoms with van der Waals surface area (Å²) in [5, 5.41) is 12.2. The minimum Gasteiger partial charge on any atom is -0.465 e. The summed E-state index contributed by atoms with van der Waals surface area (Å²) in [6, 6.07) is 9.21. The Labute approximate surface area is 316 Å². The number of hydrogen-bond acceptors (Lipinski definition) is 12. The highest BCUT2D eigenvalue weighted by atomic mass is 32.2. The smallest absolute Gasteiger partial charge is 0.320 e. The number of nitrogens with zero attached hydrogens (tertiary/aromatic N) is 6. The molecule has 1 aromatic heterocycles. The summed E-state index contributed by atoms with van der Waals surface area (Å²) >= 11 is 1.35. The third-order valence-electron chi connectivity index (χ3n) is 9.01. The Balaban J connectivity index is 1.22. The standard InChI is InChI=1S/C38H43F3N6O6S/c1-27(54-31-22-51-37(52-23-31)8-4-3-6-29-10-9-28(20-42)18-33(29)40)38(24-47-26-43-25-44-47,32-12-11-30(39)19-34(32)41)53-35(48)7-5-17-50-36(49)21-46-15-13-45(2)14-16-46/h3-4,6,8-12,18-19,25-27,31,37H,5,7,13-17,21-24H2,1-2H3/b6-3+,8-4+/t27-,31-,37-,38-/m1/s1. The topological polar surface area (TPSA) is 132 Å². The van der Waals surface area contributed by atoms with Gasteiger partial charge in [-0.1, -0.05) is 24.3 Å². The zero-order chi connectivity index (χ0) is 38.5. The van der Waals surface area contributed by atoms with Gasteiger partial charge >= 0.3 is 11.9 Å². The van der Waals surface area contributed by atoms with Gasteiger partial charge in [-0.05, 0) is 50.7 Å². The number of benzene rings is 2. The summed E-state index contributed by atoms with van der Waals surface area (Å²) in [4.78, 5) is 34.1.